The van der Waals surface area contributed by atoms with E-state index in [-0.39, 0.29) is 24.0 Å². The van der Waals surface area contributed by atoms with Gasteiger partial charge >= 0.3 is 0 Å². The third kappa shape index (κ3) is 6.56. The minimum absolute atomic E-state index is 0. The lowest BCUT2D eigenvalue weighted by Crippen LogP contribution is -2.52. The fourth-order valence-electron chi connectivity index (χ4n) is 3.57. The molecular formula is C24H29IN6O. The molecule has 7 nitrogen and oxygen atoms in total. The number of rotatable bonds is 6. The van der Waals surface area contributed by atoms with E-state index in [2.05, 4.69) is 54.3 Å². The van der Waals surface area contributed by atoms with Crippen LogP contribution in [-0.4, -0.2) is 54.1 Å². The molecule has 0 radical (unpaired) electrons. The topological polar surface area (TPSA) is 65.9 Å². The molecule has 0 spiro atoms. The molecule has 4 rings (SSSR count). The van der Waals surface area contributed by atoms with Crippen LogP contribution < -0.4 is 15.0 Å². The van der Waals surface area contributed by atoms with E-state index in [4.69, 9.17) is 4.74 Å². The zero-order valence-electron chi connectivity index (χ0n) is 18.2. The van der Waals surface area contributed by atoms with Gasteiger partial charge in [-0.2, -0.15) is 0 Å². The van der Waals surface area contributed by atoms with Crippen LogP contribution in [0.4, 0.5) is 5.95 Å². The van der Waals surface area contributed by atoms with Crippen molar-refractivity contribution in [2.24, 2.45) is 4.99 Å². The molecule has 0 unspecified atom stereocenters. The summed E-state index contributed by atoms with van der Waals surface area (Å²) in [5.41, 5.74) is 2.31. The van der Waals surface area contributed by atoms with Crippen molar-refractivity contribution >= 4 is 35.9 Å². The summed E-state index contributed by atoms with van der Waals surface area (Å²) >= 11 is 0. The van der Waals surface area contributed by atoms with E-state index in [1.54, 1.807) is 12.4 Å². The van der Waals surface area contributed by atoms with Crippen molar-refractivity contribution < 1.29 is 4.74 Å². The van der Waals surface area contributed by atoms with Gasteiger partial charge in [-0.3, -0.25) is 4.99 Å². The number of ether oxygens (including phenoxy) is 1. The van der Waals surface area contributed by atoms with Crippen LogP contribution in [-0.2, 0) is 13.2 Å². The van der Waals surface area contributed by atoms with Crippen LogP contribution in [0.1, 0.15) is 11.1 Å². The van der Waals surface area contributed by atoms with E-state index in [1.807, 2.05) is 43.4 Å². The van der Waals surface area contributed by atoms with E-state index in [9.17, 15) is 0 Å². The smallest absolute Gasteiger partial charge is 0.225 e. The molecule has 1 fully saturated rings. The molecule has 1 aliphatic heterocycles. The minimum atomic E-state index is 0. The van der Waals surface area contributed by atoms with Gasteiger partial charge in [0.25, 0.3) is 0 Å². The number of anilines is 1. The molecule has 0 amide bonds. The first kappa shape index (κ1) is 23.8. The summed E-state index contributed by atoms with van der Waals surface area (Å²) < 4.78 is 5.95. The first-order chi connectivity index (χ1) is 15.3. The fourth-order valence-corrected chi connectivity index (χ4v) is 3.57. The Morgan fingerprint density at radius 2 is 1.66 bits per heavy atom. The molecule has 0 atom stereocenters. The molecule has 32 heavy (non-hydrogen) atoms. The van der Waals surface area contributed by atoms with Crippen LogP contribution in [0.5, 0.6) is 5.75 Å². The first-order valence-electron chi connectivity index (χ1n) is 10.5. The Labute approximate surface area is 206 Å². The van der Waals surface area contributed by atoms with Gasteiger partial charge in [-0.25, -0.2) is 9.97 Å². The predicted octanol–water partition coefficient (Wildman–Crippen LogP) is 3.57. The molecule has 0 bridgehead atoms. The monoisotopic (exact) mass is 544 g/mol. The molecule has 3 aromatic rings. The number of nitrogens with one attached hydrogen (secondary N) is 1. The maximum atomic E-state index is 5.95. The summed E-state index contributed by atoms with van der Waals surface area (Å²) in [5.74, 6) is 2.57. The van der Waals surface area contributed by atoms with E-state index in [0.717, 1.165) is 55.0 Å². The Bertz CT molecular complexity index is 978. The lowest BCUT2D eigenvalue weighted by molar-refractivity contribution is 0.306. The zero-order valence-corrected chi connectivity index (χ0v) is 20.6. The number of aromatic nitrogens is 2. The molecule has 1 saturated heterocycles. The molecule has 0 aliphatic carbocycles. The van der Waals surface area contributed by atoms with Crippen molar-refractivity contribution in [3.8, 4) is 5.75 Å². The molecule has 8 heteroatoms. The summed E-state index contributed by atoms with van der Waals surface area (Å²) in [4.78, 5) is 17.7. The lowest BCUT2D eigenvalue weighted by Gasteiger charge is -2.36. The predicted molar refractivity (Wildman–Crippen MR) is 139 cm³/mol. The van der Waals surface area contributed by atoms with E-state index in [1.165, 1.54) is 0 Å². The van der Waals surface area contributed by atoms with Crippen LogP contribution in [0, 0.1) is 0 Å². The van der Waals surface area contributed by atoms with Crippen molar-refractivity contribution in [3.05, 3.63) is 84.2 Å². The average molecular weight is 544 g/mol. The minimum Gasteiger partial charge on any atom is -0.489 e. The van der Waals surface area contributed by atoms with Gasteiger partial charge < -0.3 is 19.9 Å². The van der Waals surface area contributed by atoms with Crippen molar-refractivity contribution in [1.82, 2.24) is 20.2 Å². The second-order valence-corrected chi connectivity index (χ2v) is 7.35. The van der Waals surface area contributed by atoms with E-state index in [0.29, 0.717) is 13.2 Å². The number of benzene rings is 2. The third-order valence-electron chi connectivity index (χ3n) is 5.22. The quantitative estimate of drug-likeness (QED) is 0.291. The average Bonchev–Trinajstić information content (AvgIpc) is 2.85. The summed E-state index contributed by atoms with van der Waals surface area (Å²) in [5, 5.41) is 3.48. The largest absolute Gasteiger partial charge is 0.489 e. The molecule has 1 N–H and O–H groups in total. The van der Waals surface area contributed by atoms with Crippen molar-refractivity contribution in [2.75, 3.05) is 38.1 Å². The van der Waals surface area contributed by atoms with Gasteiger partial charge in [0.1, 0.15) is 12.4 Å². The highest BCUT2D eigenvalue weighted by atomic mass is 127. The van der Waals surface area contributed by atoms with Gasteiger partial charge in [0.15, 0.2) is 5.96 Å². The highest BCUT2D eigenvalue weighted by molar-refractivity contribution is 14.0. The van der Waals surface area contributed by atoms with Crippen LogP contribution in [0.15, 0.2) is 78.0 Å². The lowest BCUT2D eigenvalue weighted by atomic mass is 10.2. The number of hydrogen-bond acceptors (Lipinski definition) is 5. The highest BCUT2D eigenvalue weighted by Crippen LogP contribution is 2.16. The molecule has 2 aromatic carbocycles. The zero-order chi connectivity index (χ0) is 21.3. The Balaban J connectivity index is 0.00000289. The maximum Gasteiger partial charge on any atom is 0.225 e. The first-order valence-corrected chi connectivity index (χ1v) is 10.5. The molecular weight excluding hydrogens is 515 g/mol. The second kappa shape index (κ2) is 12.2. The Kier molecular flexibility index (Phi) is 9.09. The van der Waals surface area contributed by atoms with Gasteiger partial charge in [-0.15, -0.1) is 24.0 Å². The molecule has 1 aliphatic rings. The SMILES string of the molecule is CN=C(NCc1cccc(OCc2ccccc2)c1)N1CCN(c2ncccn2)CC1.I. The van der Waals surface area contributed by atoms with Gasteiger partial charge in [0.05, 0.1) is 0 Å². The number of piperazine rings is 1. The molecule has 0 saturated carbocycles. The molecule has 1 aromatic heterocycles. The highest BCUT2D eigenvalue weighted by Gasteiger charge is 2.21. The number of guanidine groups is 1. The number of halogens is 1. The van der Waals surface area contributed by atoms with Gasteiger partial charge in [-0.1, -0.05) is 42.5 Å². The Morgan fingerprint density at radius 1 is 0.938 bits per heavy atom. The number of hydrogen-bond donors (Lipinski definition) is 1. The maximum absolute atomic E-state index is 5.95. The van der Waals surface area contributed by atoms with Crippen molar-refractivity contribution in [3.63, 3.8) is 0 Å². The molecule has 168 valence electrons. The molecule has 2 heterocycles. The van der Waals surface area contributed by atoms with Crippen LogP contribution in [0.3, 0.4) is 0 Å². The summed E-state index contributed by atoms with van der Waals surface area (Å²) in [6.07, 6.45) is 3.57. The third-order valence-corrected chi connectivity index (χ3v) is 5.22. The summed E-state index contributed by atoms with van der Waals surface area (Å²) in [7, 11) is 1.83. The summed E-state index contributed by atoms with van der Waals surface area (Å²) in [6.45, 7) is 4.74. The fraction of sp³-hybridized carbons (Fsp3) is 0.292. The van der Waals surface area contributed by atoms with E-state index < -0.39 is 0 Å². The Hall–Kier alpha value is -2.88. The second-order valence-electron chi connectivity index (χ2n) is 7.35. The van der Waals surface area contributed by atoms with Gasteiger partial charge in [0.2, 0.25) is 5.95 Å². The van der Waals surface area contributed by atoms with Crippen LogP contribution in [0.2, 0.25) is 0 Å². The van der Waals surface area contributed by atoms with Crippen molar-refractivity contribution in [2.45, 2.75) is 13.2 Å². The normalized spacial score (nSPS) is 14.0. The Morgan fingerprint density at radius 3 is 2.38 bits per heavy atom. The summed E-state index contributed by atoms with van der Waals surface area (Å²) in [6, 6.07) is 20.2. The standard InChI is InChI=1S/C24H28N6O.HI/c1-25-23(29-13-15-30(16-14-29)24-26-11-6-12-27-24)28-18-21-9-5-10-22(17-21)31-19-20-7-3-2-4-8-20;/h2-12,17H,13-16,18-19H2,1H3,(H,25,28);1H. The van der Waals surface area contributed by atoms with Crippen molar-refractivity contribution in [1.29, 1.82) is 0 Å². The van der Waals surface area contributed by atoms with E-state index >= 15 is 0 Å². The number of aliphatic imine (C=N–C) groups is 1. The van der Waals surface area contributed by atoms with Gasteiger partial charge in [-0.05, 0) is 29.3 Å². The van der Waals surface area contributed by atoms with Crippen LogP contribution in [0.25, 0.3) is 0 Å². The van der Waals surface area contributed by atoms with Gasteiger partial charge in [0, 0.05) is 52.2 Å². The number of nitrogens with zero attached hydrogens (tertiary/aromatic N) is 5. The van der Waals surface area contributed by atoms with Crippen LogP contribution >= 0.6 is 24.0 Å².